The molecular weight excluding hydrogens is 300 g/mol. The minimum absolute atomic E-state index is 0.0142. The van der Waals surface area contributed by atoms with Gasteiger partial charge in [0.15, 0.2) is 0 Å². The van der Waals surface area contributed by atoms with Crippen LogP contribution < -0.4 is 10.2 Å². The molecule has 1 atom stereocenters. The lowest BCUT2D eigenvalue weighted by molar-refractivity contribution is -0.122. The molecule has 3 rings (SSSR count). The van der Waals surface area contributed by atoms with Gasteiger partial charge in [-0.1, -0.05) is 37.3 Å². The molecule has 1 fully saturated rings. The molecule has 0 aliphatic carbocycles. The highest BCUT2D eigenvalue weighted by Crippen LogP contribution is 2.29. The summed E-state index contributed by atoms with van der Waals surface area (Å²) in [4.78, 5) is 26.7. The number of hydrogen-bond donors (Lipinski definition) is 1. The van der Waals surface area contributed by atoms with E-state index < -0.39 is 0 Å². The quantitative estimate of drug-likeness (QED) is 0.936. The van der Waals surface area contributed by atoms with Gasteiger partial charge in [-0.25, -0.2) is 0 Å². The second-order valence-electron chi connectivity index (χ2n) is 6.25. The average Bonchev–Trinajstić information content (AvgIpc) is 2.96. The number of nitrogens with one attached hydrogen (secondary N) is 1. The molecule has 0 saturated carbocycles. The Morgan fingerprint density at radius 2 is 2.00 bits per heavy atom. The van der Waals surface area contributed by atoms with E-state index in [1.54, 1.807) is 4.90 Å². The monoisotopic (exact) mass is 322 g/mol. The molecule has 2 aromatic rings. The van der Waals surface area contributed by atoms with Gasteiger partial charge < -0.3 is 10.2 Å². The SMILES string of the molecule is CCc1ccccc1N1C[C@@H](C(=O)Nc2cccc(C)c2)CC1=O. The van der Waals surface area contributed by atoms with E-state index in [2.05, 4.69) is 12.2 Å². The Hall–Kier alpha value is -2.62. The van der Waals surface area contributed by atoms with Crippen molar-refractivity contribution in [2.45, 2.75) is 26.7 Å². The van der Waals surface area contributed by atoms with Crippen LogP contribution in [0.2, 0.25) is 0 Å². The topological polar surface area (TPSA) is 49.4 Å². The van der Waals surface area contributed by atoms with Gasteiger partial charge in [-0.15, -0.1) is 0 Å². The summed E-state index contributed by atoms with van der Waals surface area (Å²) in [6.45, 7) is 4.49. The Bertz CT molecular complexity index is 770. The summed E-state index contributed by atoms with van der Waals surface area (Å²) >= 11 is 0. The Morgan fingerprint density at radius 1 is 1.21 bits per heavy atom. The number of benzene rings is 2. The second-order valence-corrected chi connectivity index (χ2v) is 6.25. The summed E-state index contributed by atoms with van der Waals surface area (Å²) in [7, 11) is 0. The first kappa shape index (κ1) is 16.2. The van der Waals surface area contributed by atoms with Crippen molar-refractivity contribution >= 4 is 23.2 Å². The Labute approximate surface area is 142 Å². The van der Waals surface area contributed by atoms with Crippen LogP contribution in [0.25, 0.3) is 0 Å². The van der Waals surface area contributed by atoms with E-state index in [1.807, 2.05) is 55.5 Å². The summed E-state index contributed by atoms with van der Waals surface area (Å²) in [5.74, 6) is -0.395. The average molecular weight is 322 g/mol. The lowest BCUT2D eigenvalue weighted by atomic mass is 10.1. The molecule has 1 N–H and O–H groups in total. The third kappa shape index (κ3) is 3.32. The highest BCUT2D eigenvalue weighted by atomic mass is 16.2. The van der Waals surface area contributed by atoms with Crippen LogP contribution in [-0.4, -0.2) is 18.4 Å². The first-order chi connectivity index (χ1) is 11.6. The minimum Gasteiger partial charge on any atom is -0.326 e. The maximum Gasteiger partial charge on any atom is 0.229 e. The summed E-state index contributed by atoms with van der Waals surface area (Å²) in [6, 6.07) is 15.6. The zero-order chi connectivity index (χ0) is 17.1. The maximum atomic E-state index is 12.5. The van der Waals surface area contributed by atoms with Gasteiger partial charge in [0.25, 0.3) is 0 Å². The molecule has 124 valence electrons. The molecule has 0 bridgehead atoms. The van der Waals surface area contributed by atoms with E-state index >= 15 is 0 Å². The molecule has 1 saturated heterocycles. The number of carbonyl (C=O) groups excluding carboxylic acids is 2. The van der Waals surface area contributed by atoms with E-state index in [1.165, 1.54) is 0 Å². The fourth-order valence-electron chi connectivity index (χ4n) is 3.16. The van der Waals surface area contributed by atoms with Gasteiger partial charge in [0.05, 0.1) is 5.92 Å². The van der Waals surface area contributed by atoms with E-state index in [0.717, 1.165) is 28.9 Å². The normalized spacial score (nSPS) is 17.2. The standard InChI is InChI=1S/C20H22N2O2/c1-3-15-8-4-5-10-18(15)22-13-16(12-19(22)23)20(24)21-17-9-6-7-14(2)11-17/h4-11,16H,3,12-13H2,1-2H3,(H,21,24)/t16-/m0/s1. The first-order valence-electron chi connectivity index (χ1n) is 8.34. The largest absolute Gasteiger partial charge is 0.326 e. The van der Waals surface area contributed by atoms with Crippen molar-refractivity contribution in [3.05, 3.63) is 59.7 Å². The molecule has 2 amide bonds. The zero-order valence-electron chi connectivity index (χ0n) is 14.1. The first-order valence-corrected chi connectivity index (χ1v) is 8.34. The number of amides is 2. The van der Waals surface area contributed by atoms with Crippen LogP contribution in [0.5, 0.6) is 0 Å². The molecule has 1 heterocycles. The third-order valence-electron chi connectivity index (χ3n) is 4.44. The minimum atomic E-state index is -0.317. The fraction of sp³-hybridized carbons (Fsp3) is 0.300. The predicted molar refractivity (Wildman–Crippen MR) is 96.1 cm³/mol. The van der Waals surface area contributed by atoms with Gasteiger partial charge in [-0.05, 0) is 42.7 Å². The van der Waals surface area contributed by atoms with Crippen LogP contribution in [0, 0.1) is 12.8 Å². The van der Waals surface area contributed by atoms with Crippen LogP contribution in [0.3, 0.4) is 0 Å². The third-order valence-corrected chi connectivity index (χ3v) is 4.44. The molecule has 4 nitrogen and oxygen atoms in total. The molecule has 1 aliphatic rings. The van der Waals surface area contributed by atoms with E-state index in [4.69, 9.17) is 0 Å². The van der Waals surface area contributed by atoms with E-state index in [-0.39, 0.29) is 24.2 Å². The molecule has 4 heteroatoms. The molecule has 0 radical (unpaired) electrons. The molecule has 24 heavy (non-hydrogen) atoms. The second kappa shape index (κ2) is 6.87. The van der Waals surface area contributed by atoms with Gasteiger partial charge in [0, 0.05) is 24.3 Å². The van der Waals surface area contributed by atoms with E-state index in [0.29, 0.717) is 6.54 Å². The molecule has 0 unspecified atom stereocenters. The van der Waals surface area contributed by atoms with Crippen LogP contribution in [0.15, 0.2) is 48.5 Å². The summed E-state index contributed by atoms with van der Waals surface area (Å²) in [5, 5.41) is 2.93. The molecular formula is C20H22N2O2. The number of hydrogen-bond acceptors (Lipinski definition) is 2. The molecule has 2 aromatic carbocycles. The van der Waals surface area contributed by atoms with Crippen molar-refractivity contribution in [1.29, 1.82) is 0 Å². The van der Waals surface area contributed by atoms with Crippen LogP contribution in [0.4, 0.5) is 11.4 Å². The highest BCUT2D eigenvalue weighted by Gasteiger charge is 2.35. The van der Waals surface area contributed by atoms with Crippen LogP contribution in [-0.2, 0) is 16.0 Å². The summed E-state index contributed by atoms with van der Waals surface area (Å²) in [6.07, 6.45) is 1.12. The van der Waals surface area contributed by atoms with Crippen molar-refractivity contribution in [1.82, 2.24) is 0 Å². The van der Waals surface area contributed by atoms with Crippen LogP contribution in [0.1, 0.15) is 24.5 Å². The van der Waals surface area contributed by atoms with Crippen molar-refractivity contribution in [3.63, 3.8) is 0 Å². The van der Waals surface area contributed by atoms with Gasteiger partial charge in [0.1, 0.15) is 0 Å². The summed E-state index contributed by atoms with van der Waals surface area (Å²) in [5.41, 5.74) is 3.93. The molecule has 0 aromatic heterocycles. The van der Waals surface area contributed by atoms with Crippen molar-refractivity contribution in [2.75, 3.05) is 16.8 Å². The Balaban J connectivity index is 1.73. The van der Waals surface area contributed by atoms with Crippen LogP contribution >= 0.6 is 0 Å². The Kier molecular flexibility index (Phi) is 4.65. The van der Waals surface area contributed by atoms with Gasteiger partial charge in [0.2, 0.25) is 11.8 Å². The number of para-hydroxylation sites is 1. The number of carbonyl (C=O) groups is 2. The molecule has 1 aliphatic heterocycles. The van der Waals surface area contributed by atoms with E-state index in [9.17, 15) is 9.59 Å². The number of rotatable bonds is 4. The Morgan fingerprint density at radius 3 is 2.75 bits per heavy atom. The zero-order valence-corrected chi connectivity index (χ0v) is 14.1. The predicted octanol–water partition coefficient (Wildman–Crippen LogP) is 3.55. The number of aryl methyl sites for hydroxylation is 2. The summed E-state index contributed by atoms with van der Waals surface area (Å²) < 4.78 is 0. The maximum absolute atomic E-state index is 12.5. The lowest BCUT2D eigenvalue weighted by Crippen LogP contribution is -2.28. The highest BCUT2D eigenvalue weighted by molar-refractivity contribution is 6.03. The van der Waals surface area contributed by atoms with Crippen molar-refractivity contribution < 1.29 is 9.59 Å². The molecule has 0 spiro atoms. The van der Waals surface area contributed by atoms with Gasteiger partial charge in [-0.3, -0.25) is 9.59 Å². The fourth-order valence-corrected chi connectivity index (χ4v) is 3.16. The van der Waals surface area contributed by atoms with Crippen molar-refractivity contribution in [3.8, 4) is 0 Å². The smallest absolute Gasteiger partial charge is 0.229 e. The number of nitrogens with zero attached hydrogens (tertiary/aromatic N) is 1. The lowest BCUT2D eigenvalue weighted by Gasteiger charge is -2.20. The van der Waals surface area contributed by atoms with Gasteiger partial charge in [-0.2, -0.15) is 0 Å². The van der Waals surface area contributed by atoms with Crippen molar-refractivity contribution in [2.24, 2.45) is 5.92 Å². The number of anilines is 2. The van der Waals surface area contributed by atoms with Gasteiger partial charge >= 0.3 is 0 Å².